The highest BCUT2D eigenvalue weighted by Crippen LogP contribution is 2.36. The molecule has 102 valence electrons. The third kappa shape index (κ3) is 1.72. The molecule has 1 atom stereocenters. The number of aliphatic hydroxyl groups is 1. The van der Waals surface area contributed by atoms with E-state index in [1.54, 1.807) is 13.8 Å². The van der Waals surface area contributed by atoms with Crippen molar-refractivity contribution in [3.05, 3.63) is 41.1 Å². The molecule has 2 aromatic rings. The second-order valence-electron chi connectivity index (χ2n) is 5.24. The molecule has 0 radical (unpaired) electrons. The van der Waals surface area contributed by atoms with Crippen molar-refractivity contribution in [2.75, 3.05) is 0 Å². The van der Waals surface area contributed by atoms with E-state index in [1.165, 1.54) is 0 Å². The standard InChI is InChI=1S/C16H15NO3/c1-8(18)7-11-9(2)15(19)16(20)13-10-5-3-4-6-12(10)17-14(11)13/h3-6,8,17-18H,7H2,1-2H3/t8-/m0/s1. The van der Waals surface area contributed by atoms with Gasteiger partial charge in [-0.3, -0.25) is 9.59 Å². The van der Waals surface area contributed by atoms with Crippen LogP contribution < -0.4 is 0 Å². The number of aliphatic hydroxyl groups excluding tert-OH is 1. The summed E-state index contributed by atoms with van der Waals surface area (Å²) in [6.45, 7) is 3.32. The van der Waals surface area contributed by atoms with Crippen molar-refractivity contribution in [3.8, 4) is 0 Å². The molecule has 0 saturated heterocycles. The molecular weight excluding hydrogens is 254 g/mol. The fourth-order valence-corrected chi connectivity index (χ4v) is 2.76. The number of nitrogens with one attached hydrogen (secondary N) is 1. The average molecular weight is 269 g/mol. The molecule has 1 aromatic heterocycles. The largest absolute Gasteiger partial charge is 0.393 e. The number of aromatic nitrogens is 1. The van der Waals surface area contributed by atoms with Crippen LogP contribution >= 0.6 is 0 Å². The molecule has 0 saturated carbocycles. The number of carbonyl (C=O) groups excluding carboxylic acids is 2. The number of fused-ring (bicyclic) bond motifs is 3. The molecule has 20 heavy (non-hydrogen) atoms. The molecule has 1 heterocycles. The Morgan fingerprint density at radius 3 is 2.60 bits per heavy atom. The minimum Gasteiger partial charge on any atom is -0.393 e. The molecule has 1 aliphatic rings. The highest BCUT2D eigenvalue weighted by molar-refractivity contribution is 6.54. The number of hydrogen-bond donors (Lipinski definition) is 2. The van der Waals surface area contributed by atoms with Crippen LogP contribution in [0.2, 0.25) is 0 Å². The lowest BCUT2D eigenvalue weighted by molar-refractivity contribution is -0.111. The van der Waals surface area contributed by atoms with Gasteiger partial charge in [-0.05, 0) is 25.5 Å². The Balaban J connectivity index is 2.33. The van der Waals surface area contributed by atoms with Gasteiger partial charge in [0.15, 0.2) is 0 Å². The van der Waals surface area contributed by atoms with E-state index in [0.29, 0.717) is 23.3 Å². The zero-order valence-corrected chi connectivity index (χ0v) is 11.4. The summed E-state index contributed by atoms with van der Waals surface area (Å²) < 4.78 is 0. The molecule has 4 heteroatoms. The van der Waals surface area contributed by atoms with Gasteiger partial charge >= 0.3 is 0 Å². The minimum absolute atomic E-state index is 0.352. The fraction of sp³-hybridized carbons (Fsp3) is 0.250. The summed E-state index contributed by atoms with van der Waals surface area (Å²) in [5, 5.41) is 10.4. The van der Waals surface area contributed by atoms with Crippen molar-refractivity contribution in [1.29, 1.82) is 0 Å². The Kier molecular flexibility index (Phi) is 2.83. The van der Waals surface area contributed by atoms with Crippen LogP contribution in [-0.2, 0) is 4.79 Å². The molecule has 4 nitrogen and oxygen atoms in total. The van der Waals surface area contributed by atoms with Crippen LogP contribution in [0, 0.1) is 0 Å². The number of aromatic amines is 1. The Morgan fingerprint density at radius 1 is 1.20 bits per heavy atom. The number of rotatable bonds is 2. The second kappa shape index (κ2) is 4.42. The lowest BCUT2D eigenvalue weighted by atomic mass is 9.85. The zero-order chi connectivity index (χ0) is 14.4. The number of H-pyrrole nitrogens is 1. The van der Waals surface area contributed by atoms with Gasteiger partial charge in [0.1, 0.15) is 0 Å². The normalized spacial score (nSPS) is 16.8. The Labute approximate surface area is 116 Å². The molecule has 0 aliphatic heterocycles. The summed E-state index contributed by atoms with van der Waals surface area (Å²) in [7, 11) is 0. The van der Waals surface area contributed by atoms with E-state index >= 15 is 0 Å². The quantitative estimate of drug-likeness (QED) is 0.823. The van der Waals surface area contributed by atoms with Gasteiger partial charge in [-0.15, -0.1) is 0 Å². The van der Waals surface area contributed by atoms with Gasteiger partial charge in [0.05, 0.1) is 17.4 Å². The van der Waals surface area contributed by atoms with Crippen LogP contribution in [0.1, 0.15) is 36.3 Å². The molecule has 1 aromatic carbocycles. The summed E-state index contributed by atoms with van der Waals surface area (Å²) in [6, 6.07) is 7.42. The van der Waals surface area contributed by atoms with Gasteiger partial charge in [0.2, 0.25) is 11.6 Å². The zero-order valence-electron chi connectivity index (χ0n) is 11.4. The monoisotopic (exact) mass is 269 g/mol. The predicted molar refractivity (Wildman–Crippen MR) is 76.5 cm³/mol. The number of Topliss-reactive ketones (excluding diaryl/α,β-unsaturated/α-hetero) is 2. The molecule has 0 unspecified atom stereocenters. The summed E-state index contributed by atoms with van der Waals surface area (Å²) in [6.07, 6.45) is -0.217. The van der Waals surface area contributed by atoms with Crippen molar-refractivity contribution < 1.29 is 14.7 Å². The van der Waals surface area contributed by atoms with Crippen molar-refractivity contribution in [2.24, 2.45) is 0 Å². The molecule has 2 N–H and O–H groups in total. The van der Waals surface area contributed by atoms with Crippen LogP contribution in [0.4, 0.5) is 0 Å². The number of para-hydroxylation sites is 1. The molecular formula is C16H15NO3. The third-order valence-corrected chi connectivity index (χ3v) is 3.73. The number of hydrogen-bond acceptors (Lipinski definition) is 3. The average Bonchev–Trinajstić information content (AvgIpc) is 2.80. The van der Waals surface area contributed by atoms with Gasteiger partial charge in [0.25, 0.3) is 0 Å². The van der Waals surface area contributed by atoms with E-state index in [4.69, 9.17) is 0 Å². The van der Waals surface area contributed by atoms with Gasteiger partial charge in [-0.2, -0.15) is 0 Å². The van der Waals surface area contributed by atoms with E-state index in [2.05, 4.69) is 4.98 Å². The number of carbonyl (C=O) groups is 2. The smallest absolute Gasteiger partial charge is 0.235 e. The van der Waals surface area contributed by atoms with E-state index in [1.807, 2.05) is 24.3 Å². The van der Waals surface area contributed by atoms with Crippen LogP contribution in [0.3, 0.4) is 0 Å². The van der Waals surface area contributed by atoms with E-state index in [9.17, 15) is 14.7 Å². The maximum atomic E-state index is 12.3. The van der Waals surface area contributed by atoms with E-state index in [-0.39, 0.29) is 0 Å². The van der Waals surface area contributed by atoms with Crippen LogP contribution in [0.25, 0.3) is 16.5 Å². The third-order valence-electron chi connectivity index (χ3n) is 3.73. The molecule has 0 fully saturated rings. The van der Waals surface area contributed by atoms with Crippen molar-refractivity contribution in [1.82, 2.24) is 4.98 Å². The van der Waals surface area contributed by atoms with Crippen molar-refractivity contribution in [3.63, 3.8) is 0 Å². The first-order chi connectivity index (χ1) is 9.50. The SMILES string of the molecule is CC1=C(C[C@H](C)O)c2[nH]c3ccccc3c2C(=O)C1=O. The fourth-order valence-electron chi connectivity index (χ4n) is 2.76. The van der Waals surface area contributed by atoms with Crippen molar-refractivity contribution >= 4 is 28.0 Å². The summed E-state index contributed by atoms with van der Waals surface area (Å²) >= 11 is 0. The predicted octanol–water partition coefficient (Wildman–Crippen LogP) is 2.48. The van der Waals surface area contributed by atoms with Gasteiger partial charge in [-0.1, -0.05) is 18.2 Å². The molecule has 3 rings (SSSR count). The Hall–Kier alpha value is -2.20. The van der Waals surface area contributed by atoms with Gasteiger partial charge in [-0.25, -0.2) is 0 Å². The summed E-state index contributed by atoms with van der Waals surface area (Å²) in [5.74, 6) is -0.942. The molecule has 0 bridgehead atoms. The first-order valence-electron chi connectivity index (χ1n) is 6.58. The Morgan fingerprint density at radius 2 is 1.90 bits per heavy atom. The van der Waals surface area contributed by atoms with Crippen LogP contribution in [-0.4, -0.2) is 27.8 Å². The molecule has 0 spiro atoms. The number of allylic oxidation sites excluding steroid dienone is 1. The highest BCUT2D eigenvalue weighted by atomic mass is 16.3. The first kappa shape index (κ1) is 12.8. The van der Waals surface area contributed by atoms with E-state index < -0.39 is 17.7 Å². The lowest BCUT2D eigenvalue weighted by Gasteiger charge is -2.18. The van der Waals surface area contributed by atoms with Crippen LogP contribution in [0.15, 0.2) is 29.8 Å². The van der Waals surface area contributed by atoms with Crippen molar-refractivity contribution in [2.45, 2.75) is 26.4 Å². The lowest BCUT2D eigenvalue weighted by Crippen LogP contribution is -2.23. The topological polar surface area (TPSA) is 70.2 Å². The minimum atomic E-state index is -0.569. The highest BCUT2D eigenvalue weighted by Gasteiger charge is 2.33. The molecule has 1 aliphatic carbocycles. The van der Waals surface area contributed by atoms with E-state index in [0.717, 1.165) is 16.5 Å². The maximum absolute atomic E-state index is 12.3. The molecule has 0 amide bonds. The van der Waals surface area contributed by atoms with Gasteiger partial charge < -0.3 is 10.1 Å². The first-order valence-corrected chi connectivity index (χ1v) is 6.58. The van der Waals surface area contributed by atoms with Gasteiger partial charge in [0, 0.05) is 22.9 Å². The Bertz CT molecular complexity index is 765. The summed E-state index contributed by atoms with van der Waals surface area (Å²) in [4.78, 5) is 27.6. The number of ketones is 2. The maximum Gasteiger partial charge on any atom is 0.235 e. The van der Waals surface area contributed by atoms with Crippen LogP contribution in [0.5, 0.6) is 0 Å². The number of benzene rings is 1. The summed E-state index contributed by atoms with van der Waals surface area (Å²) in [5.41, 5.74) is 3.10. The second-order valence-corrected chi connectivity index (χ2v) is 5.24.